The molecule has 1 unspecified atom stereocenters. The molecule has 1 amide bonds. The molecule has 1 aliphatic heterocycles. The monoisotopic (exact) mass is 495 g/mol. The van der Waals surface area contributed by atoms with Crippen LogP contribution >= 0.6 is 0 Å². The average Bonchev–Trinajstić information content (AvgIpc) is 3.60. The van der Waals surface area contributed by atoms with Gasteiger partial charge in [0, 0.05) is 60.3 Å². The highest BCUT2D eigenvalue weighted by Crippen LogP contribution is 2.44. The van der Waals surface area contributed by atoms with E-state index >= 15 is 4.39 Å². The fourth-order valence-electron chi connectivity index (χ4n) is 4.62. The number of hydrogen-bond acceptors (Lipinski definition) is 4. The number of amides is 1. The van der Waals surface area contributed by atoms with E-state index in [0.29, 0.717) is 22.6 Å². The Kier molecular flexibility index (Phi) is 4.59. The number of carbonyl (C=O) groups excluding carboxylic acids is 1. The van der Waals surface area contributed by atoms with Gasteiger partial charge in [0.1, 0.15) is 11.5 Å². The van der Waals surface area contributed by atoms with Gasteiger partial charge in [-0.15, -0.1) is 13.2 Å². The molecule has 0 saturated carbocycles. The van der Waals surface area contributed by atoms with E-state index in [9.17, 15) is 18.0 Å². The lowest BCUT2D eigenvalue weighted by Crippen LogP contribution is -2.30. The standard InChI is InChI=1S/C24H17F4N7O/c1-13-20-21(31-32(13)2)23(36)35(16-5-7-33-8-6-29-19(33)10-16)22(20)17-4-3-14(9-18(17)25)15-11-30-34(12-15)24(26,27)28/h3-12,22H,1-2H3. The molecular formula is C24H17F4N7O. The summed E-state index contributed by atoms with van der Waals surface area (Å²) in [7, 11) is 1.71. The summed E-state index contributed by atoms with van der Waals surface area (Å²) in [6, 6.07) is 6.78. The minimum absolute atomic E-state index is 0.111. The Hall–Kier alpha value is -4.48. The molecule has 5 aromatic rings. The van der Waals surface area contributed by atoms with Gasteiger partial charge in [0.15, 0.2) is 5.69 Å². The number of rotatable bonds is 3. The Morgan fingerprint density at radius 2 is 1.86 bits per heavy atom. The first-order chi connectivity index (χ1) is 17.1. The first-order valence-electron chi connectivity index (χ1n) is 10.8. The molecule has 1 atom stereocenters. The molecule has 8 nitrogen and oxygen atoms in total. The van der Waals surface area contributed by atoms with Crippen LogP contribution in [0.15, 0.2) is 61.3 Å². The van der Waals surface area contributed by atoms with E-state index in [-0.39, 0.29) is 33.0 Å². The average molecular weight is 495 g/mol. The number of halogens is 4. The smallest absolute Gasteiger partial charge is 0.307 e. The van der Waals surface area contributed by atoms with Gasteiger partial charge in [0.05, 0.1) is 17.9 Å². The van der Waals surface area contributed by atoms with Gasteiger partial charge in [-0.25, -0.2) is 9.37 Å². The van der Waals surface area contributed by atoms with Gasteiger partial charge < -0.3 is 4.40 Å². The molecule has 0 N–H and O–H groups in total. The summed E-state index contributed by atoms with van der Waals surface area (Å²) in [5.41, 5.74) is 3.14. The van der Waals surface area contributed by atoms with Crippen molar-refractivity contribution in [1.29, 1.82) is 0 Å². The molecule has 5 heterocycles. The van der Waals surface area contributed by atoms with Crippen molar-refractivity contribution in [3.05, 3.63) is 89.6 Å². The van der Waals surface area contributed by atoms with E-state index in [0.717, 1.165) is 18.5 Å². The van der Waals surface area contributed by atoms with Crippen LogP contribution in [0.5, 0.6) is 0 Å². The maximum absolute atomic E-state index is 15.6. The fraction of sp³-hybridized carbons (Fsp3) is 0.167. The number of imidazole rings is 1. The van der Waals surface area contributed by atoms with Crippen LogP contribution < -0.4 is 4.90 Å². The predicted octanol–water partition coefficient (Wildman–Crippen LogP) is 4.60. The van der Waals surface area contributed by atoms with Crippen LogP contribution in [0.2, 0.25) is 0 Å². The van der Waals surface area contributed by atoms with Gasteiger partial charge in [-0.2, -0.15) is 14.9 Å². The highest BCUT2D eigenvalue weighted by Gasteiger charge is 2.44. The highest BCUT2D eigenvalue weighted by atomic mass is 19.4. The molecule has 4 aromatic heterocycles. The summed E-state index contributed by atoms with van der Waals surface area (Å²) in [6.45, 7) is 1.80. The van der Waals surface area contributed by atoms with E-state index in [4.69, 9.17) is 0 Å². The lowest BCUT2D eigenvalue weighted by molar-refractivity contribution is -0.212. The summed E-state index contributed by atoms with van der Waals surface area (Å²) in [6.07, 6.45) is 2.29. The summed E-state index contributed by atoms with van der Waals surface area (Å²) < 4.78 is 57.7. The number of hydrogen-bond donors (Lipinski definition) is 0. The number of pyridine rings is 1. The third-order valence-electron chi connectivity index (χ3n) is 6.46. The molecule has 0 radical (unpaired) electrons. The molecule has 36 heavy (non-hydrogen) atoms. The van der Waals surface area contributed by atoms with Crippen molar-refractivity contribution in [3.63, 3.8) is 0 Å². The minimum atomic E-state index is -4.67. The first kappa shape index (κ1) is 22.0. The number of anilines is 1. The largest absolute Gasteiger partial charge is 0.504 e. The Labute approximate surface area is 201 Å². The van der Waals surface area contributed by atoms with E-state index in [2.05, 4.69) is 15.2 Å². The topological polar surface area (TPSA) is 73.2 Å². The Bertz CT molecular complexity index is 1660. The van der Waals surface area contributed by atoms with Crippen LogP contribution in [0.3, 0.4) is 0 Å². The summed E-state index contributed by atoms with van der Waals surface area (Å²) >= 11 is 0. The molecule has 0 fully saturated rings. The first-order valence-corrected chi connectivity index (χ1v) is 10.8. The second kappa shape index (κ2) is 7.51. The van der Waals surface area contributed by atoms with Gasteiger partial charge in [0.2, 0.25) is 0 Å². The van der Waals surface area contributed by atoms with Crippen LogP contribution in [0.1, 0.15) is 33.4 Å². The van der Waals surface area contributed by atoms with E-state index in [1.165, 1.54) is 17.0 Å². The quantitative estimate of drug-likeness (QED) is 0.343. The maximum Gasteiger partial charge on any atom is 0.504 e. The number of nitrogens with zero attached hydrogens (tertiary/aromatic N) is 7. The molecule has 0 bridgehead atoms. The second-order valence-corrected chi connectivity index (χ2v) is 8.50. The second-order valence-electron chi connectivity index (χ2n) is 8.50. The van der Waals surface area contributed by atoms with E-state index < -0.39 is 18.2 Å². The lowest BCUT2D eigenvalue weighted by Gasteiger charge is -2.27. The van der Waals surface area contributed by atoms with Crippen LogP contribution in [-0.4, -0.2) is 34.9 Å². The normalized spacial score (nSPS) is 15.8. The zero-order valence-corrected chi connectivity index (χ0v) is 18.9. The zero-order chi connectivity index (χ0) is 25.4. The highest BCUT2D eigenvalue weighted by molar-refractivity contribution is 6.11. The van der Waals surface area contributed by atoms with Crippen LogP contribution in [0.25, 0.3) is 16.8 Å². The number of fused-ring (bicyclic) bond motifs is 2. The lowest BCUT2D eigenvalue weighted by atomic mass is 9.96. The third-order valence-corrected chi connectivity index (χ3v) is 6.46. The van der Waals surface area contributed by atoms with Crippen molar-refractivity contribution < 1.29 is 22.4 Å². The van der Waals surface area contributed by atoms with E-state index in [1.54, 1.807) is 53.8 Å². The molecule has 0 spiro atoms. The Balaban J connectivity index is 1.48. The van der Waals surface area contributed by atoms with Crippen molar-refractivity contribution in [2.45, 2.75) is 19.3 Å². The van der Waals surface area contributed by atoms with Crippen LogP contribution in [0, 0.1) is 12.7 Å². The fourth-order valence-corrected chi connectivity index (χ4v) is 4.62. The number of aromatic nitrogens is 6. The van der Waals surface area contributed by atoms with Crippen LogP contribution in [-0.2, 0) is 13.3 Å². The predicted molar refractivity (Wildman–Crippen MR) is 121 cm³/mol. The SMILES string of the molecule is Cc1c2c(nn1C)C(=O)N(c1ccn3ccnc3c1)C2c1ccc(-c2cnn(C(F)(F)F)c2)cc1F. The molecule has 0 saturated heterocycles. The molecule has 1 aliphatic rings. The minimum Gasteiger partial charge on any atom is -0.307 e. The van der Waals surface area contributed by atoms with Gasteiger partial charge in [-0.05, 0) is 24.6 Å². The summed E-state index contributed by atoms with van der Waals surface area (Å²) in [5.74, 6) is -1.06. The Morgan fingerprint density at radius 3 is 2.58 bits per heavy atom. The van der Waals surface area contributed by atoms with Crippen molar-refractivity contribution in [3.8, 4) is 11.1 Å². The molecule has 12 heteroatoms. The Morgan fingerprint density at radius 1 is 1.06 bits per heavy atom. The van der Waals surface area contributed by atoms with E-state index in [1.807, 2.05) is 0 Å². The molecular weight excluding hydrogens is 478 g/mol. The van der Waals surface area contributed by atoms with Crippen LogP contribution in [0.4, 0.5) is 23.2 Å². The molecule has 6 rings (SSSR count). The van der Waals surface area contributed by atoms with Crippen molar-refractivity contribution in [2.75, 3.05) is 4.90 Å². The molecule has 1 aromatic carbocycles. The third kappa shape index (κ3) is 3.21. The van der Waals surface area contributed by atoms with Gasteiger partial charge in [-0.1, -0.05) is 12.1 Å². The van der Waals surface area contributed by atoms with Crippen molar-refractivity contribution >= 4 is 17.2 Å². The van der Waals surface area contributed by atoms with Gasteiger partial charge >= 0.3 is 6.30 Å². The number of benzene rings is 1. The summed E-state index contributed by atoms with van der Waals surface area (Å²) in [4.78, 5) is 19.2. The number of alkyl halides is 3. The maximum atomic E-state index is 15.6. The number of carbonyl (C=O) groups is 1. The molecule has 182 valence electrons. The number of aryl methyl sites for hydroxylation is 1. The van der Waals surface area contributed by atoms with Gasteiger partial charge in [-0.3, -0.25) is 14.4 Å². The van der Waals surface area contributed by atoms with Gasteiger partial charge in [0.25, 0.3) is 5.91 Å². The summed E-state index contributed by atoms with van der Waals surface area (Å²) in [5, 5.41) is 7.68. The zero-order valence-electron chi connectivity index (χ0n) is 18.9. The van der Waals surface area contributed by atoms with Crippen molar-refractivity contribution in [2.24, 2.45) is 7.05 Å². The molecule has 0 aliphatic carbocycles. The van der Waals surface area contributed by atoms with Crippen molar-refractivity contribution in [1.82, 2.24) is 28.9 Å².